The van der Waals surface area contributed by atoms with Gasteiger partial charge in [0.05, 0.1) is 0 Å². The summed E-state index contributed by atoms with van der Waals surface area (Å²) in [6.45, 7) is 2.31. The number of carbonyl (C=O) groups is 2. The summed E-state index contributed by atoms with van der Waals surface area (Å²) in [5, 5.41) is 0. The predicted octanol–water partition coefficient (Wildman–Crippen LogP) is 1.41. The summed E-state index contributed by atoms with van der Waals surface area (Å²) in [6, 6.07) is 6.36. The number of rotatable bonds is 2. The van der Waals surface area contributed by atoms with Crippen molar-refractivity contribution in [3.63, 3.8) is 0 Å². The Labute approximate surface area is 119 Å². The van der Waals surface area contributed by atoms with Crippen LogP contribution in [0.4, 0.5) is 0 Å². The highest BCUT2D eigenvalue weighted by atomic mass is 16.1. The topological polar surface area (TPSA) is 112 Å². The third-order valence-electron chi connectivity index (χ3n) is 3.51. The Morgan fingerprint density at radius 1 is 0.900 bits per heavy atom. The van der Waals surface area contributed by atoms with Gasteiger partial charge in [-0.2, -0.15) is 0 Å². The van der Waals surface area contributed by atoms with E-state index in [9.17, 15) is 9.59 Å². The largest absolute Gasteiger partial charge is 0.366 e. The fraction of sp³-hybridized carbons (Fsp3) is 0.467. The van der Waals surface area contributed by atoms with Crippen molar-refractivity contribution in [1.82, 2.24) is 0 Å². The van der Waals surface area contributed by atoms with Crippen LogP contribution >= 0.6 is 0 Å². The molecule has 0 aromatic heterocycles. The molecule has 20 heavy (non-hydrogen) atoms. The Morgan fingerprint density at radius 2 is 1.25 bits per heavy atom. The average molecular weight is 277 g/mol. The minimum Gasteiger partial charge on any atom is -0.366 e. The number of benzene rings is 1. The number of hydrogen-bond acceptors (Lipinski definition) is 3. The van der Waals surface area contributed by atoms with Gasteiger partial charge in [-0.3, -0.25) is 9.59 Å². The molecule has 5 nitrogen and oxygen atoms in total. The van der Waals surface area contributed by atoms with E-state index >= 15 is 0 Å². The third-order valence-corrected chi connectivity index (χ3v) is 3.51. The quantitative estimate of drug-likeness (QED) is 0.759. The molecule has 0 unspecified atom stereocenters. The van der Waals surface area contributed by atoms with E-state index < -0.39 is 11.8 Å². The summed E-state index contributed by atoms with van der Waals surface area (Å²) >= 11 is 0. The molecule has 0 saturated heterocycles. The second kappa shape index (κ2) is 7.65. The summed E-state index contributed by atoms with van der Waals surface area (Å²) < 4.78 is 0. The molecule has 0 bridgehead atoms. The third kappa shape index (κ3) is 5.40. The van der Waals surface area contributed by atoms with Crippen molar-refractivity contribution < 1.29 is 9.59 Å². The van der Waals surface area contributed by atoms with E-state index in [1.807, 2.05) is 0 Å². The summed E-state index contributed by atoms with van der Waals surface area (Å²) in [4.78, 5) is 21.2. The number of amides is 2. The lowest BCUT2D eigenvalue weighted by Gasteiger charge is -2.22. The number of primary amides is 2. The highest BCUT2D eigenvalue weighted by Crippen LogP contribution is 2.21. The van der Waals surface area contributed by atoms with Crippen LogP contribution < -0.4 is 17.2 Å². The molecule has 0 spiro atoms. The van der Waals surface area contributed by atoms with Crippen LogP contribution in [-0.2, 0) is 0 Å². The molecule has 1 aromatic rings. The van der Waals surface area contributed by atoms with E-state index in [0.29, 0.717) is 17.2 Å². The summed E-state index contributed by atoms with van der Waals surface area (Å²) in [5.74, 6) is -0.105. The first kappa shape index (κ1) is 16.2. The molecule has 0 heterocycles. The van der Waals surface area contributed by atoms with E-state index in [0.717, 1.165) is 5.92 Å². The Kier molecular flexibility index (Phi) is 6.18. The van der Waals surface area contributed by atoms with Crippen LogP contribution in [0, 0.1) is 5.92 Å². The second-order valence-corrected chi connectivity index (χ2v) is 5.33. The molecule has 0 aliphatic heterocycles. The lowest BCUT2D eigenvalue weighted by atomic mass is 9.88. The number of nitrogens with two attached hydrogens (primary N) is 3. The van der Waals surface area contributed by atoms with Crippen LogP contribution in [0.5, 0.6) is 0 Å². The van der Waals surface area contributed by atoms with Crippen LogP contribution in [-0.4, -0.2) is 17.9 Å². The fourth-order valence-corrected chi connectivity index (χ4v) is 2.08. The zero-order valence-corrected chi connectivity index (χ0v) is 11.8. The zero-order chi connectivity index (χ0) is 15.1. The molecular formula is C15H23N3O2. The molecule has 2 amide bonds. The molecule has 6 N–H and O–H groups in total. The lowest BCUT2D eigenvalue weighted by molar-refractivity contribution is 0.0988. The highest BCUT2D eigenvalue weighted by molar-refractivity contribution is 5.96. The normalized spacial score (nSPS) is 21.5. The minimum atomic E-state index is -0.522. The van der Waals surface area contributed by atoms with E-state index in [4.69, 9.17) is 17.2 Å². The molecule has 0 radical (unpaired) electrons. The van der Waals surface area contributed by atoms with Crippen molar-refractivity contribution in [3.8, 4) is 0 Å². The molecular weight excluding hydrogens is 254 g/mol. The van der Waals surface area contributed by atoms with Crippen molar-refractivity contribution in [1.29, 1.82) is 0 Å². The number of carbonyl (C=O) groups excluding carboxylic acids is 2. The monoisotopic (exact) mass is 277 g/mol. The summed E-state index contributed by atoms with van der Waals surface area (Å²) in [5.41, 5.74) is 16.4. The van der Waals surface area contributed by atoms with Gasteiger partial charge in [-0.1, -0.05) is 6.92 Å². The smallest absolute Gasteiger partial charge is 0.248 e. The molecule has 1 fully saturated rings. The second-order valence-electron chi connectivity index (χ2n) is 5.33. The molecule has 1 saturated carbocycles. The maximum absolute atomic E-state index is 10.6. The first-order valence-corrected chi connectivity index (χ1v) is 6.85. The van der Waals surface area contributed by atoms with Crippen molar-refractivity contribution in [2.24, 2.45) is 23.1 Å². The van der Waals surface area contributed by atoms with Gasteiger partial charge < -0.3 is 17.2 Å². The van der Waals surface area contributed by atoms with Gasteiger partial charge in [0.25, 0.3) is 0 Å². The average Bonchev–Trinajstić information content (AvgIpc) is 2.43. The molecule has 110 valence electrons. The summed E-state index contributed by atoms with van der Waals surface area (Å²) in [6.07, 6.45) is 5.20. The van der Waals surface area contributed by atoms with Crippen molar-refractivity contribution in [2.45, 2.75) is 38.6 Å². The molecule has 1 aliphatic carbocycles. The van der Waals surface area contributed by atoms with Crippen LogP contribution in [0.1, 0.15) is 53.3 Å². The Hall–Kier alpha value is -1.88. The van der Waals surface area contributed by atoms with Gasteiger partial charge in [0.1, 0.15) is 0 Å². The first-order valence-electron chi connectivity index (χ1n) is 6.85. The standard InChI is InChI=1S/C8H8N2O2.C7H15N/c9-7(11)5-1-2-6(4-3-5)8(10)12;1-6-2-4-7(8)5-3-6/h1-4H,(H2,9,11)(H2,10,12);6-7H,2-5,8H2,1H3. The molecule has 0 atom stereocenters. The van der Waals surface area contributed by atoms with E-state index in [1.165, 1.54) is 49.9 Å². The Bertz CT molecular complexity index is 406. The van der Waals surface area contributed by atoms with E-state index in [-0.39, 0.29) is 0 Å². The SMILES string of the molecule is CC1CCC(N)CC1.NC(=O)c1ccc(C(N)=O)cc1. The maximum Gasteiger partial charge on any atom is 0.248 e. The molecule has 2 rings (SSSR count). The van der Waals surface area contributed by atoms with Gasteiger partial charge in [0, 0.05) is 17.2 Å². The van der Waals surface area contributed by atoms with Gasteiger partial charge in [-0.05, 0) is 55.9 Å². The van der Waals surface area contributed by atoms with Gasteiger partial charge in [0.2, 0.25) is 11.8 Å². The maximum atomic E-state index is 10.6. The van der Waals surface area contributed by atoms with Gasteiger partial charge >= 0.3 is 0 Å². The molecule has 5 heteroatoms. The lowest BCUT2D eigenvalue weighted by Crippen LogP contribution is -2.25. The molecule has 1 aliphatic rings. The van der Waals surface area contributed by atoms with Crippen molar-refractivity contribution >= 4 is 11.8 Å². The Morgan fingerprint density at radius 3 is 1.50 bits per heavy atom. The summed E-state index contributed by atoms with van der Waals surface area (Å²) in [7, 11) is 0. The van der Waals surface area contributed by atoms with Crippen LogP contribution in [0.25, 0.3) is 0 Å². The minimum absolute atomic E-state index is 0.361. The first-order chi connectivity index (χ1) is 9.40. The van der Waals surface area contributed by atoms with Gasteiger partial charge in [-0.15, -0.1) is 0 Å². The van der Waals surface area contributed by atoms with Crippen LogP contribution in [0.3, 0.4) is 0 Å². The molecule has 1 aromatic carbocycles. The van der Waals surface area contributed by atoms with Crippen LogP contribution in [0.15, 0.2) is 24.3 Å². The highest BCUT2D eigenvalue weighted by Gasteiger charge is 2.13. The number of hydrogen-bond donors (Lipinski definition) is 3. The van der Waals surface area contributed by atoms with Gasteiger partial charge in [-0.25, -0.2) is 0 Å². The zero-order valence-electron chi connectivity index (χ0n) is 11.8. The van der Waals surface area contributed by atoms with Crippen molar-refractivity contribution in [3.05, 3.63) is 35.4 Å². The van der Waals surface area contributed by atoms with E-state index in [2.05, 4.69) is 6.92 Å². The Balaban J connectivity index is 0.000000217. The van der Waals surface area contributed by atoms with Crippen LogP contribution in [0.2, 0.25) is 0 Å². The van der Waals surface area contributed by atoms with Gasteiger partial charge in [0.15, 0.2) is 0 Å². The fourth-order valence-electron chi connectivity index (χ4n) is 2.08. The predicted molar refractivity (Wildman–Crippen MR) is 79.1 cm³/mol. The van der Waals surface area contributed by atoms with E-state index in [1.54, 1.807) is 0 Å². The van der Waals surface area contributed by atoms with Crippen molar-refractivity contribution in [2.75, 3.05) is 0 Å².